The molecule has 0 saturated carbocycles. The SMILES string of the molecule is CCCCOc1ccc(OC(=O)/C=C/c2ccc(C(=O)OCCCCCc3c(N)cc(N)cc3C(=O)O)cc2)cc1. The summed E-state index contributed by atoms with van der Waals surface area (Å²) in [5.74, 6) is -0.892. The highest BCUT2D eigenvalue weighted by molar-refractivity contribution is 5.93. The minimum Gasteiger partial charge on any atom is -0.494 e. The Balaban J connectivity index is 1.38. The first-order chi connectivity index (χ1) is 19.8. The molecule has 3 aromatic rings. The first kappa shape index (κ1) is 30.7. The van der Waals surface area contributed by atoms with Gasteiger partial charge in [-0.15, -0.1) is 0 Å². The van der Waals surface area contributed by atoms with E-state index in [4.69, 9.17) is 25.7 Å². The lowest BCUT2D eigenvalue weighted by Gasteiger charge is -2.11. The molecule has 41 heavy (non-hydrogen) atoms. The van der Waals surface area contributed by atoms with E-state index in [0.717, 1.165) is 30.6 Å². The van der Waals surface area contributed by atoms with Crippen LogP contribution in [0.4, 0.5) is 11.4 Å². The van der Waals surface area contributed by atoms with Crippen LogP contribution in [0.1, 0.15) is 70.9 Å². The molecule has 0 bridgehead atoms. The van der Waals surface area contributed by atoms with Gasteiger partial charge in [-0.3, -0.25) is 0 Å². The maximum absolute atomic E-state index is 12.4. The fraction of sp³-hybridized carbons (Fsp3) is 0.281. The zero-order valence-electron chi connectivity index (χ0n) is 23.1. The number of carbonyl (C=O) groups is 3. The van der Waals surface area contributed by atoms with Crippen molar-refractivity contribution in [2.24, 2.45) is 0 Å². The van der Waals surface area contributed by atoms with Crippen LogP contribution in [0.5, 0.6) is 11.5 Å². The molecule has 0 amide bonds. The zero-order valence-corrected chi connectivity index (χ0v) is 23.1. The van der Waals surface area contributed by atoms with Gasteiger partial charge in [-0.25, -0.2) is 14.4 Å². The van der Waals surface area contributed by atoms with Crippen LogP contribution in [0.15, 0.2) is 66.7 Å². The van der Waals surface area contributed by atoms with E-state index in [1.54, 1.807) is 60.7 Å². The normalized spacial score (nSPS) is 10.9. The van der Waals surface area contributed by atoms with Gasteiger partial charge >= 0.3 is 17.9 Å². The van der Waals surface area contributed by atoms with Gasteiger partial charge in [0.1, 0.15) is 11.5 Å². The minimum absolute atomic E-state index is 0.113. The van der Waals surface area contributed by atoms with E-state index < -0.39 is 17.9 Å². The number of ether oxygens (including phenoxy) is 3. The van der Waals surface area contributed by atoms with E-state index in [2.05, 4.69) is 6.92 Å². The van der Waals surface area contributed by atoms with Crippen LogP contribution in [0.25, 0.3) is 6.08 Å². The van der Waals surface area contributed by atoms with Gasteiger partial charge in [0.2, 0.25) is 0 Å². The first-order valence-electron chi connectivity index (χ1n) is 13.6. The van der Waals surface area contributed by atoms with Crippen molar-refractivity contribution in [2.45, 2.75) is 45.4 Å². The van der Waals surface area contributed by atoms with E-state index in [1.807, 2.05) is 0 Å². The van der Waals surface area contributed by atoms with Crippen LogP contribution in [0.3, 0.4) is 0 Å². The number of benzene rings is 3. The number of rotatable bonds is 15. The van der Waals surface area contributed by atoms with E-state index in [1.165, 1.54) is 12.1 Å². The average molecular weight is 561 g/mol. The number of esters is 2. The molecule has 3 aromatic carbocycles. The molecular weight excluding hydrogens is 524 g/mol. The second-order valence-electron chi connectivity index (χ2n) is 9.44. The van der Waals surface area contributed by atoms with E-state index in [9.17, 15) is 19.5 Å². The molecular formula is C32H36N2O7. The first-order valence-corrected chi connectivity index (χ1v) is 13.6. The maximum atomic E-state index is 12.4. The van der Waals surface area contributed by atoms with Gasteiger partial charge in [-0.2, -0.15) is 0 Å². The lowest BCUT2D eigenvalue weighted by atomic mass is 9.98. The molecule has 0 aliphatic heterocycles. The van der Waals surface area contributed by atoms with Crippen molar-refractivity contribution in [3.05, 3.63) is 89.0 Å². The Kier molecular flexibility index (Phi) is 11.8. The predicted molar refractivity (Wildman–Crippen MR) is 158 cm³/mol. The Morgan fingerprint density at radius 1 is 0.854 bits per heavy atom. The van der Waals surface area contributed by atoms with Crippen LogP contribution < -0.4 is 20.9 Å². The Morgan fingerprint density at radius 3 is 2.24 bits per heavy atom. The summed E-state index contributed by atoms with van der Waals surface area (Å²) in [6, 6.07) is 16.5. The van der Waals surface area contributed by atoms with E-state index in [0.29, 0.717) is 54.1 Å². The Labute approximate surface area is 239 Å². The Morgan fingerprint density at radius 2 is 1.56 bits per heavy atom. The average Bonchev–Trinajstić information content (AvgIpc) is 2.95. The molecule has 0 aliphatic carbocycles. The van der Waals surface area contributed by atoms with Crippen molar-refractivity contribution in [1.82, 2.24) is 0 Å². The molecule has 0 atom stereocenters. The van der Waals surface area contributed by atoms with Crippen LogP contribution >= 0.6 is 0 Å². The van der Waals surface area contributed by atoms with Crippen molar-refractivity contribution in [3.8, 4) is 11.5 Å². The fourth-order valence-corrected chi connectivity index (χ4v) is 4.00. The summed E-state index contributed by atoms with van der Waals surface area (Å²) < 4.78 is 16.3. The standard InChI is InChI=1S/C32H36N2O7/c1-2-3-18-39-25-13-15-26(16-14-25)41-30(35)17-10-22-8-11-23(12-9-22)32(38)40-19-6-4-5-7-27-28(31(36)37)20-24(33)21-29(27)34/h8-17,20-21H,2-7,18-19,33-34H2,1H3,(H,36,37)/b17-10+. The highest BCUT2D eigenvalue weighted by Crippen LogP contribution is 2.24. The monoisotopic (exact) mass is 560 g/mol. The zero-order chi connectivity index (χ0) is 29.6. The number of nitrogen functional groups attached to an aromatic ring is 2. The molecule has 9 heteroatoms. The summed E-state index contributed by atoms with van der Waals surface area (Å²) in [6.07, 6.45) is 7.48. The number of carbonyl (C=O) groups excluding carboxylic acids is 2. The number of hydrogen-bond acceptors (Lipinski definition) is 8. The fourth-order valence-electron chi connectivity index (χ4n) is 4.00. The maximum Gasteiger partial charge on any atom is 0.338 e. The molecule has 0 fully saturated rings. The molecule has 0 aliphatic rings. The number of carboxylic acid groups (broad SMARTS) is 1. The smallest absolute Gasteiger partial charge is 0.338 e. The lowest BCUT2D eigenvalue weighted by molar-refractivity contribution is -0.128. The van der Waals surface area contributed by atoms with Gasteiger partial charge in [-0.05, 0) is 97.8 Å². The van der Waals surface area contributed by atoms with Crippen molar-refractivity contribution in [1.29, 1.82) is 0 Å². The third kappa shape index (κ3) is 10.0. The summed E-state index contributed by atoms with van der Waals surface area (Å²) in [6.45, 7) is 2.98. The van der Waals surface area contributed by atoms with Gasteiger partial charge in [0.25, 0.3) is 0 Å². The van der Waals surface area contributed by atoms with Gasteiger partial charge in [-0.1, -0.05) is 25.5 Å². The third-order valence-electron chi connectivity index (χ3n) is 6.21. The van der Waals surface area contributed by atoms with E-state index >= 15 is 0 Å². The molecule has 3 rings (SSSR count). The van der Waals surface area contributed by atoms with Crippen molar-refractivity contribution < 1.29 is 33.7 Å². The summed E-state index contributed by atoms with van der Waals surface area (Å²) in [7, 11) is 0. The van der Waals surface area contributed by atoms with Gasteiger partial charge in [0.15, 0.2) is 0 Å². The molecule has 0 aromatic heterocycles. The molecule has 0 heterocycles. The number of hydrogen-bond donors (Lipinski definition) is 3. The largest absolute Gasteiger partial charge is 0.494 e. The van der Waals surface area contributed by atoms with Crippen LogP contribution in [0, 0.1) is 0 Å². The molecule has 5 N–H and O–H groups in total. The van der Waals surface area contributed by atoms with Gasteiger partial charge in [0.05, 0.1) is 24.3 Å². The lowest BCUT2D eigenvalue weighted by Crippen LogP contribution is -2.08. The molecule has 216 valence electrons. The molecule has 0 unspecified atom stereocenters. The number of anilines is 2. The molecule has 9 nitrogen and oxygen atoms in total. The van der Waals surface area contributed by atoms with Crippen LogP contribution in [-0.2, 0) is 16.0 Å². The quantitative estimate of drug-likeness (QED) is 0.0676. The predicted octanol–water partition coefficient (Wildman–Crippen LogP) is 5.92. The Hall–Kier alpha value is -4.79. The Bertz CT molecular complexity index is 1350. The topological polar surface area (TPSA) is 151 Å². The van der Waals surface area contributed by atoms with Crippen molar-refractivity contribution in [3.63, 3.8) is 0 Å². The van der Waals surface area contributed by atoms with Gasteiger partial charge < -0.3 is 30.8 Å². The second kappa shape index (κ2) is 15.7. The van der Waals surface area contributed by atoms with Gasteiger partial charge in [0, 0.05) is 17.5 Å². The highest BCUT2D eigenvalue weighted by Gasteiger charge is 2.14. The van der Waals surface area contributed by atoms with Crippen LogP contribution in [-0.4, -0.2) is 36.2 Å². The summed E-state index contributed by atoms with van der Waals surface area (Å²) >= 11 is 0. The number of aromatic carboxylic acids is 1. The second-order valence-corrected chi connectivity index (χ2v) is 9.44. The summed E-state index contributed by atoms with van der Waals surface area (Å²) in [4.78, 5) is 36.0. The number of nitrogens with two attached hydrogens (primary N) is 2. The third-order valence-corrected chi connectivity index (χ3v) is 6.21. The van der Waals surface area contributed by atoms with Crippen LogP contribution in [0.2, 0.25) is 0 Å². The summed E-state index contributed by atoms with van der Waals surface area (Å²) in [5, 5.41) is 9.39. The molecule has 0 saturated heterocycles. The molecule has 0 spiro atoms. The number of unbranched alkanes of at least 4 members (excludes halogenated alkanes) is 3. The van der Waals surface area contributed by atoms with Crippen molar-refractivity contribution in [2.75, 3.05) is 24.7 Å². The number of carboxylic acids is 1. The van der Waals surface area contributed by atoms with E-state index in [-0.39, 0.29) is 12.2 Å². The van der Waals surface area contributed by atoms with Crippen molar-refractivity contribution >= 4 is 35.4 Å². The minimum atomic E-state index is -1.07. The summed E-state index contributed by atoms with van der Waals surface area (Å²) in [5.41, 5.74) is 14.1. The highest BCUT2D eigenvalue weighted by atomic mass is 16.5. The molecule has 0 radical (unpaired) electrons.